The number of thiazole rings is 1. The summed E-state index contributed by atoms with van der Waals surface area (Å²) in [4.78, 5) is 29.1. The first-order valence-corrected chi connectivity index (χ1v) is 11.7. The Balaban J connectivity index is 1.57. The van der Waals surface area contributed by atoms with Crippen molar-refractivity contribution in [2.75, 3.05) is 10.2 Å². The number of carboxylic acid groups (broad SMARTS) is 1. The van der Waals surface area contributed by atoms with E-state index in [1.165, 1.54) is 4.88 Å². The summed E-state index contributed by atoms with van der Waals surface area (Å²) in [6.07, 6.45) is 0. The standard InChI is InChI=1S/C25H22N6O2S/c1-13-8-17(14(2)27-18-7-5-4-6-16(18)25(32)33)23-19(9-13)29-20(10-26)24(30-23)31-11-21-22(12-31)34-15(3)28-21/h4-9,14,27H,11-12H2,1-3H3,(H,32,33)/t14-/m1/s1. The zero-order valence-electron chi connectivity index (χ0n) is 19.0. The summed E-state index contributed by atoms with van der Waals surface area (Å²) in [5, 5.41) is 23.7. The molecule has 2 aromatic carbocycles. The fourth-order valence-corrected chi connectivity index (χ4v) is 5.34. The minimum absolute atomic E-state index is 0.204. The lowest BCUT2D eigenvalue weighted by molar-refractivity contribution is 0.0698. The van der Waals surface area contributed by atoms with Gasteiger partial charge in [-0.05, 0) is 44.5 Å². The van der Waals surface area contributed by atoms with E-state index < -0.39 is 5.97 Å². The zero-order chi connectivity index (χ0) is 24.0. The van der Waals surface area contributed by atoms with Crippen LogP contribution in [0.2, 0.25) is 0 Å². The molecule has 0 aliphatic carbocycles. The minimum atomic E-state index is -0.990. The van der Waals surface area contributed by atoms with Crippen LogP contribution < -0.4 is 10.2 Å². The molecule has 170 valence electrons. The van der Waals surface area contributed by atoms with Gasteiger partial charge in [-0.25, -0.2) is 19.7 Å². The van der Waals surface area contributed by atoms with E-state index in [9.17, 15) is 15.2 Å². The number of aromatic nitrogens is 3. The van der Waals surface area contributed by atoms with Crippen LogP contribution in [0, 0.1) is 25.2 Å². The molecule has 0 amide bonds. The molecule has 0 saturated carbocycles. The molecule has 2 aromatic heterocycles. The van der Waals surface area contributed by atoms with Gasteiger partial charge in [0.15, 0.2) is 11.5 Å². The van der Waals surface area contributed by atoms with E-state index in [4.69, 9.17) is 4.98 Å². The summed E-state index contributed by atoms with van der Waals surface area (Å²) in [6.45, 7) is 7.17. The topological polar surface area (TPSA) is 115 Å². The van der Waals surface area contributed by atoms with Gasteiger partial charge in [0.05, 0.1) is 46.4 Å². The van der Waals surface area contributed by atoms with Crippen molar-refractivity contribution in [2.45, 2.75) is 39.9 Å². The normalized spacial score (nSPS) is 13.5. The highest BCUT2D eigenvalue weighted by Gasteiger charge is 2.27. The van der Waals surface area contributed by atoms with Gasteiger partial charge in [0, 0.05) is 16.1 Å². The van der Waals surface area contributed by atoms with Crippen molar-refractivity contribution in [3.8, 4) is 6.07 Å². The lowest BCUT2D eigenvalue weighted by Crippen LogP contribution is -2.19. The Bertz CT molecular complexity index is 1470. The van der Waals surface area contributed by atoms with E-state index >= 15 is 0 Å². The van der Waals surface area contributed by atoms with Crippen molar-refractivity contribution in [1.82, 2.24) is 15.0 Å². The predicted molar refractivity (Wildman–Crippen MR) is 131 cm³/mol. The highest BCUT2D eigenvalue weighted by atomic mass is 32.1. The number of nitriles is 1. The zero-order valence-corrected chi connectivity index (χ0v) is 19.8. The minimum Gasteiger partial charge on any atom is -0.478 e. The van der Waals surface area contributed by atoms with Crippen LogP contribution in [0.1, 0.15) is 55.7 Å². The van der Waals surface area contributed by atoms with Crippen LogP contribution in [-0.2, 0) is 13.1 Å². The van der Waals surface area contributed by atoms with Crippen LogP contribution in [0.25, 0.3) is 11.0 Å². The second-order valence-corrected chi connectivity index (χ2v) is 9.69. The van der Waals surface area contributed by atoms with Gasteiger partial charge >= 0.3 is 5.97 Å². The molecule has 9 heteroatoms. The second kappa shape index (κ2) is 8.39. The molecule has 0 saturated heterocycles. The number of aryl methyl sites for hydroxylation is 2. The Morgan fingerprint density at radius 3 is 2.74 bits per heavy atom. The van der Waals surface area contributed by atoms with E-state index in [1.54, 1.807) is 35.6 Å². The van der Waals surface area contributed by atoms with Crippen molar-refractivity contribution in [2.24, 2.45) is 0 Å². The van der Waals surface area contributed by atoms with Gasteiger partial charge in [-0.2, -0.15) is 5.26 Å². The molecule has 34 heavy (non-hydrogen) atoms. The number of anilines is 2. The molecule has 1 atom stereocenters. The molecule has 1 aliphatic rings. The van der Waals surface area contributed by atoms with Crippen molar-refractivity contribution < 1.29 is 9.90 Å². The Labute approximate surface area is 200 Å². The number of rotatable bonds is 5. The smallest absolute Gasteiger partial charge is 0.337 e. The lowest BCUT2D eigenvalue weighted by atomic mass is 10.0. The van der Waals surface area contributed by atoms with E-state index in [0.29, 0.717) is 35.6 Å². The molecule has 5 rings (SSSR count). The second-order valence-electron chi connectivity index (χ2n) is 8.41. The number of para-hydroxylation sites is 1. The molecule has 1 aliphatic heterocycles. The molecule has 8 nitrogen and oxygen atoms in total. The largest absolute Gasteiger partial charge is 0.478 e. The number of aromatic carboxylic acids is 1. The summed E-state index contributed by atoms with van der Waals surface area (Å²) in [7, 11) is 0. The number of fused-ring (bicyclic) bond motifs is 2. The average molecular weight is 471 g/mol. The summed E-state index contributed by atoms with van der Waals surface area (Å²) in [5.74, 6) is -0.448. The third-order valence-electron chi connectivity index (χ3n) is 5.89. The molecule has 0 fully saturated rings. The number of hydrogen-bond acceptors (Lipinski definition) is 8. The van der Waals surface area contributed by atoms with E-state index in [-0.39, 0.29) is 17.3 Å². The highest BCUT2D eigenvalue weighted by Crippen LogP contribution is 2.34. The quantitative estimate of drug-likeness (QED) is 0.420. The third-order valence-corrected chi connectivity index (χ3v) is 6.88. The molecule has 4 aromatic rings. The monoisotopic (exact) mass is 470 g/mol. The van der Waals surface area contributed by atoms with Gasteiger partial charge < -0.3 is 15.3 Å². The van der Waals surface area contributed by atoms with Crippen LogP contribution in [0.3, 0.4) is 0 Å². The number of carbonyl (C=O) groups is 1. The van der Waals surface area contributed by atoms with E-state index in [2.05, 4.69) is 21.4 Å². The van der Waals surface area contributed by atoms with Gasteiger partial charge in [0.2, 0.25) is 0 Å². The van der Waals surface area contributed by atoms with Crippen LogP contribution in [0.5, 0.6) is 0 Å². The summed E-state index contributed by atoms with van der Waals surface area (Å²) in [6, 6.07) is 12.7. The predicted octanol–water partition coefficient (Wildman–Crippen LogP) is 4.97. The molecule has 0 unspecified atom stereocenters. The number of benzene rings is 2. The van der Waals surface area contributed by atoms with Gasteiger partial charge in [0.25, 0.3) is 0 Å². The Hall–Kier alpha value is -4.03. The van der Waals surface area contributed by atoms with Gasteiger partial charge in [-0.1, -0.05) is 18.2 Å². The van der Waals surface area contributed by atoms with Crippen LogP contribution in [-0.4, -0.2) is 26.0 Å². The first-order valence-electron chi connectivity index (χ1n) is 10.9. The fraction of sp³-hybridized carbons (Fsp3) is 0.240. The molecular formula is C25H22N6O2S. The summed E-state index contributed by atoms with van der Waals surface area (Å²) in [5.41, 5.74) is 5.24. The fourth-order valence-electron chi connectivity index (χ4n) is 4.37. The third kappa shape index (κ3) is 3.82. The van der Waals surface area contributed by atoms with Crippen molar-refractivity contribution in [3.63, 3.8) is 0 Å². The van der Waals surface area contributed by atoms with Crippen molar-refractivity contribution in [1.29, 1.82) is 5.26 Å². The highest BCUT2D eigenvalue weighted by molar-refractivity contribution is 7.11. The molecule has 3 heterocycles. The Morgan fingerprint density at radius 2 is 2.00 bits per heavy atom. The number of nitrogens with zero attached hydrogens (tertiary/aromatic N) is 5. The summed E-state index contributed by atoms with van der Waals surface area (Å²) < 4.78 is 0. The van der Waals surface area contributed by atoms with Gasteiger partial charge in [-0.3, -0.25) is 0 Å². The maximum Gasteiger partial charge on any atom is 0.337 e. The van der Waals surface area contributed by atoms with Gasteiger partial charge in [0.1, 0.15) is 6.07 Å². The first kappa shape index (κ1) is 21.8. The molecule has 0 bridgehead atoms. The maximum atomic E-state index is 11.7. The van der Waals surface area contributed by atoms with E-state index in [0.717, 1.165) is 21.8 Å². The summed E-state index contributed by atoms with van der Waals surface area (Å²) >= 11 is 1.67. The Kier molecular flexibility index (Phi) is 5.38. The number of carboxylic acids is 1. The van der Waals surface area contributed by atoms with Crippen molar-refractivity contribution in [3.05, 3.63) is 74.4 Å². The number of hydrogen-bond donors (Lipinski definition) is 2. The van der Waals surface area contributed by atoms with Crippen LogP contribution >= 0.6 is 11.3 Å². The van der Waals surface area contributed by atoms with Crippen LogP contribution in [0.4, 0.5) is 11.5 Å². The van der Waals surface area contributed by atoms with Gasteiger partial charge in [-0.15, -0.1) is 11.3 Å². The Morgan fingerprint density at radius 1 is 1.21 bits per heavy atom. The first-order chi connectivity index (χ1) is 16.3. The van der Waals surface area contributed by atoms with Crippen LogP contribution in [0.15, 0.2) is 36.4 Å². The SMILES string of the molecule is Cc1cc([C@@H](C)Nc2ccccc2C(=O)O)c2nc(N3Cc4nc(C)sc4C3)c(C#N)nc2c1. The maximum absolute atomic E-state index is 11.7. The average Bonchev–Trinajstić information content (AvgIpc) is 3.35. The molecule has 0 spiro atoms. The van der Waals surface area contributed by atoms with E-state index in [1.807, 2.05) is 37.8 Å². The molecular weight excluding hydrogens is 448 g/mol. The lowest BCUT2D eigenvalue weighted by Gasteiger charge is -2.22. The number of nitrogens with one attached hydrogen (secondary N) is 1. The van der Waals surface area contributed by atoms with Crippen molar-refractivity contribution >= 4 is 39.8 Å². The molecule has 0 radical (unpaired) electrons. The molecule has 2 N–H and O–H groups in total.